The zero-order chi connectivity index (χ0) is 20.6. The quantitative estimate of drug-likeness (QED) is 0.653. The predicted molar refractivity (Wildman–Crippen MR) is 104 cm³/mol. The van der Waals surface area contributed by atoms with Crippen molar-refractivity contribution in [1.29, 1.82) is 0 Å². The summed E-state index contributed by atoms with van der Waals surface area (Å²) in [6, 6.07) is 9.98. The average Bonchev–Trinajstić information content (AvgIpc) is 3.09. The molecule has 1 fully saturated rings. The molecule has 8 heteroatoms. The van der Waals surface area contributed by atoms with Gasteiger partial charge >= 0.3 is 6.18 Å². The number of fused-ring (bicyclic) bond motifs is 1. The molecule has 0 saturated carbocycles. The molecule has 2 heterocycles. The van der Waals surface area contributed by atoms with Gasteiger partial charge < -0.3 is 5.32 Å². The van der Waals surface area contributed by atoms with E-state index >= 15 is 0 Å². The molecule has 1 aliphatic rings. The fourth-order valence-electron chi connectivity index (χ4n) is 3.93. The van der Waals surface area contributed by atoms with Crippen LogP contribution in [0.5, 0.6) is 0 Å². The van der Waals surface area contributed by atoms with Gasteiger partial charge in [0.25, 0.3) is 0 Å². The van der Waals surface area contributed by atoms with Crippen molar-refractivity contribution in [3.05, 3.63) is 59.5 Å². The first-order chi connectivity index (χ1) is 13.8. The second kappa shape index (κ2) is 7.76. The van der Waals surface area contributed by atoms with E-state index in [1.54, 1.807) is 23.0 Å². The van der Waals surface area contributed by atoms with Crippen molar-refractivity contribution >= 4 is 10.9 Å². The van der Waals surface area contributed by atoms with E-state index in [9.17, 15) is 17.6 Å². The number of aromatic nitrogens is 2. The number of alkyl halides is 3. The maximum absolute atomic E-state index is 13.2. The van der Waals surface area contributed by atoms with Crippen LogP contribution in [0.4, 0.5) is 17.6 Å². The highest BCUT2D eigenvalue weighted by Crippen LogP contribution is 2.31. The van der Waals surface area contributed by atoms with Gasteiger partial charge in [-0.05, 0) is 54.4 Å². The second-order valence-electron chi connectivity index (χ2n) is 7.42. The van der Waals surface area contributed by atoms with Gasteiger partial charge in [0.05, 0.1) is 23.8 Å². The minimum absolute atomic E-state index is 0.0117. The van der Waals surface area contributed by atoms with Gasteiger partial charge in [0.1, 0.15) is 5.82 Å². The number of hydrogen-bond donors (Lipinski definition) is 1. The zero-order valence-electron chi connectivity index (χ0n) is 16.0. The molecule has 154 valence electrons. The van der Waals surface area contributed by atoms with E-state index in [0.717, 1.165) is 27.7 Å². The Morgan fingerprint density at radius 3 is 2.66 bits per heavy atom. The standard InChI is InChI=1S/C21H22F4N4/c1-14-10-19-15(12-27-29(19)17-4-2-16(22)3-5-17)11-18(14)20-13-26-7-9-28(20)8-6-21(23,24)25/h2-5,10-12,20,26H,6-9,13H2,1H3/t20-/m0/s1. The molecule has 1 atom stereocenters. The smallest absolute Gasteiger partial charge is 0.314 e. The van der Waals surface area contributed by atoms with E-state index in [2.05, 4.69) is 10.4 Å². The molecule has 0 spiro atoms. The first-order valence-electron chi connectivity index (χ1n) is 9.57. The Kier molecular flexibility index (Phi) is 5.31. The van der Waals surface area contributed by atoms with Crippen molar-refractivity contribution in [2.75, 3.05) is 26.2 Å². The van der Waals surface area contributed by atoms with E-state index < -0.39 is 12.6 Å². The third kappa shape index (κ3) is 4.28. The summed E-state index contributed by atoms with van der Waals surface area (Å²) in [5.74, 6) is -0.313. The summed E-state index contributed by atoms with van der Waals surface area (Å²) >= 11 is 0. The van der Waals surface area contributed by atoms with Crippen molar-refractivity contribution in [3.8, 4) is 5.69 Å². The highest BCUT2D eigenvalue weighted by molar-refractivity contribution is 5.82. The molecule has 1 aliphatic heterocycles. The molecule has 0 radical (unpaired) electrons. The van der Waals surface area contributed by atoms with Crippen LogP contribution < -0.4 is 5.32 Å². The van der Waals surface area contributed by atoms with Gasteiger partial charge in [-0.1, -0.05) is 0 Å². The Labute approximate surface area is 166 Å². The molecule has 0 bridgehead atoms. The summed E-state index contributed by atoms with van der Waals surface area (Å²) in [6.45, 7) is 3.82. The summed E-state index contributed by atoms with van der Waals surface area (Å²) < 4.78 is 53.2. The Morgan fingerprint density at radius 1 is 1.17 bits per heavy atom. The molecular formula is C21H22F4N4. The monoisotopic (exact) mass is 406 g/mol. The lowest BCUT2D eigenvalue weighted by atomic mass is 9.96. The van der Waals surface area contributed by atoms with Gasteiger partial charge in [-0.15, -0.1) is 0 Å². The summed E-state index contributed by atoms with van der Waals surface area (Å²) in [6.07, 6.45) is -3.24. The van der Waals surface area contributed by atoms with Gasteiger partial charge in [-0.3, -0.25) is 4.90 Å². The Hall–Kier alpha value is -2.45. The van der Waals surface area contributed by atoms with Gasteiger partial charge in [-0.25, -0.2) is 9.07 Å². The maximum atomic E-state index is 13.2. The molecule has 1 saturated heterocycles. The van der Waals surface area contributed by atoms with E-state index in [1.165, 1.54) is 12.1 Å². The predicted octanol–water partition coefficient (Wildman–Crippen LogP) is 4.37. The molecule has 29 heavy (non-hydrogen) atoms. The van der Waals surface area contributed by atoms with Crippen LogP contribution >= 0.6 is 0 Å². The number of rotatable bonds is 4. The van der Waals surface area contributed by atoms with E-state index in [4.69, 9.17) is 0 Å². The molecule has 0 aliphatic carbocycles. The maximum Gasteiger partial charge on any atom is 0.390 e. The van der Waals surface area contributed by atoms with Crippen LogP contribution in [0.1, 0.15) is 23.6 Å². The third-order valence-electron chi connectivity index (χ3n) is 5.42. The van der Waals surface area contributed by atoms with Gasteiger partial charge in [0.2, 0.25) is 0 Å². The van der Waals surface area contributed by atoms with Crippen LogP contribution in [0.15, 0.2) is 42.6 Å². The number of aryl methyl sites for hydroxylation is 1. The van der Waals surface area contributed by atoms with Gasteiger partial charge in [0, 0.05) is 37.6 Å². The SMILES string of the molecule is Cc1cc2c(cnn2-c2ccc(F)cc2)cc1[C@@H]1CNCCN1CCC(F)(F)F. The number of nitrogens with one attached hydrogen (secondary N) is 1. The summed E-state index contributed by atoms with van der Waals surface area (Å²) in [7, 11) is 0. The third-order valence-corrected chi connectivity index (χ3v) is 5.42. The Morgan fingerprint density at radius 2 is 1.93 bits per heavy atom. The van der Waals surface area contributed by atoms with Crippen molar-refractivity contribution in [3.63, 3.8) is 0 Å². The number of halogens is 4. The van der Waals surface area contributed by atoms with Crippen LogP contribution in [0.25, 0.3) is 16.6 Å². The molecule has 2 aromatic carbocycles. The van der Waals surface area contributed by atoms with Crippen molar-refractivity contribution in [2.45, 2.75) is 25.6 Å². The first-order valence-corrected chi connectivity index (χ1v) is 9.57. The van der Waals surface area contributed by atoms with E-state index in [-0.39, 0.29) is 18.4 Å². The summed E-state index contributed by atoms with van der Waals surface area (Å²) in [5, 5.41) is 8.62. The Bertz CT molecular complexity index is 994. The highest BCUT2D eigenvalue weighted by Gasteiger charge is 2.32. The van der Waals surface area contributed by atoms with Crippen molar-refractivity contribution < 1.29 is 17.6 Å². The molecule has 0 amide bonds. The average molecular weight is 406 g/mol. The lowest BCUT2D eigenvalue weighted by Crippen LogP contribution is -2.47. The second-order valence-corrected chi connectivity index (χ2v) is 7.42. The van der Waals surface area contributed by atoms with Gasteiger partial charge in [-0.2, -0.15) is 18.3 Å². The highest BCUT2D eigenvalue weighted by atomic mass is 19.4. The Balaban J connectivity index is 1.67. The molecule has 3 aromatic rings. The number of benzene rings is 2. The summed E-state index contributed by atoms with van der Waals surface area (Å²) in [5.41, 5.74) is 3.63. The fraction of sp³-hybridized carbons (Fsp3) is 0.381. The lowest BCUT2D eigenvalue weighted by Gasteiger charge is -2.37. The lowest BCUT2D eigenvalue weighted by molar-refractivity contribution is -0.139. The number of nitrogens with zero attached hydrogens (tertiary/aromatic N) is 3. The van der Waals surface area contributed by atoms with E-state index in [1.807, 2.05) is 24.0 Å². The topological polar surface area (TPSA) is 33.1 Å². The van der Waals surface area contributed by atoms with Crippen LogP contribution in [0.2, 0.25) is 0 Å². The minimum Gasteiger partial charge on any atom is -0.314 e. The molecule has 0 unspecified atom stereocenters. The van der Waals surface area contributed by atoms with Crippen molar-refractivity contribution in [2.24, 2.45) is 0 Å². The fourth-order valence-corrected chi connectivity index (χ4v) is 3.93. The molecule has 1 N–H and O–H groups in total. The summed E-state index contributed by atoms with van der Waals surface area (Å²) in [4.78, 5) is 1.91. The van der Waals surface area contributed by atoms with Gasteiger partial charge in [0.15, 0.2) is 0 Å². The molecule has 4 rings (SSSR count). The number of piperazine rings is 1. The van der Waals surface area contributed by atoms with E-state index in [0.29, 0.717) is 19.6 Å². The van der Waals surface area contributed by atoms with Crippen molar-refractivity contribution in [1.82, 2.24) is 20.0 Å². The minimum atomic E-state index is -4.16. The molecular weight excluding hydrogens is 384 g/mol. The first kappa shape index (κ1) is 19.8. The number of hydrogen-bond acceptors (Lipinski definition) is 3. The van der Waals surface area contributed by atoms with Crippen LogP contribution in [0, 0.1) is 12.7 Å². The normalized spacial score (nSPS) is 18.4. The van der Waals surface area contributed by atoms with Crippen LogP contribution in [-0.4, -0.2) is 47.0 Å². The molecule has 1 aromatic heterocycles. The zero-order valence-corrected chi connectivity index (χ0v) is 16.0. The van der Waals surface area contributed by atoms with Crippen LogP contribution in [-0.2, 0) is 0 Å². The molecule has 4 nitrogen and oxygen atoms in total. The largest absolute Gasteiger partial charge is 0.390 e. The van der Waals surface area contributed by atoms with Crippen LogP contribution in [0.3, 0.4) is 0 Å².